The number of halogens is 2. The summed E-state index contributed by atoms with van der Waals surface area (Å²) in [7, 11) is 0. The normalized spacial score (nSPS) is 27.6. The third-order valence-corrected chi connectivity index (χ3v) is 3.79. The van der Waals surface area contributed by atoms with Crippen LogP contribution in [0.3, 0.4) is 0 Å². The van der Waals surface area contributed by atoms with E-state index in [0.717, 1.165) is 6.07 Å². The zero-order chi connectivity index (χ0) is 12.6. The minimum absolute atomic E-state index is 0.473. The van der Waals surface area contributed by atoms with Gasteiger partial charge in [0.2, 0.25) is 0 Å². The van der Waals surface area contributed by atoms with E-state index in [2.05, 4.69) is 19.9 Å². The van der Waals surface area contributed by atoms with E-state index in [1.54, 1.807) is 0 Å². The topological polar surface area (TPSA) is 23.8 Å². The second kappa shape index (κ2) is 4.10. The molecule has 0 aliphatic heterocycles. The first kappa shape index (κ1) is 12.0. The van der Waals surface area contributed by atoms with Crippen molar-refractivity contribution >= 4 is 0 Å². The molecule has 0 N–H and O–H groups in total. The second-order valence-electron chi connectivity index (χ2n) is 5.26. The van der Waals surface area contributed by atoms with E-state index in [9.17, 15) is 14.0 Å². The molecule has 1 nitrogen and oxygen atoms in total. The van der Waals surface area contributed by atoms with Crippen molar-refractivity contribution in [1.29, 1.82) is 5.26 Å². The molecule has 0 radical (unpaired) electrons. The van der Waals surface area contributed by atoms with Crippen LogP contribution in [-0.4, -0.2) is 0 Å². The number of rotatable bonds is 2. The van der Waals surface area contributed by atoms with E-state index in [4.69, 9.17) is 0 Å². The Morgan fingerprint density at radius 3 is 2.18 bits per heavy atom. The molecule has 17 heavy (non-hydrogen) atoms. The van der Waals surface area contributed by atoms with E-state index in [1.807, 2.05) is 0 Å². The average Bonchev–Trinajstić information content (AvgIpc) is 2.14. The molecule has 0 aromatic heterocycles. The summed E-state index contributed by atoms with van der Waals surface area (Å²) in [6.45, 7) is 4.22. The molecule has 3 heteroatoms. The molecule has 1 aliphatic rings. The molecule has 90 valence electrons. The van der Waals surface area contributed by atoms with Crippen LogP contribution < -0.4 is 0 Å². The highest BCUT2D eigenvalue weighted by molar-refractivity contribution is 5.36. The molecular formula is C14H15F2N. The molecule has 1 saturated carbocycles. The Morgan fingerprint density at radius 2 is 1.76 bits per heavy atom. The number of nitriles is 1. The van der Waals surface area contributed by atoms with Crippen LogP contribution in [0.25, 0.3) is 0 Å². The minimum Gasteiger partial charge on any atom is -0.207 e. The summed E-state index contributed by atoms with van der Waals surface area (Å²) < 4.78 is 26.3. The highest BCUT2D eigenvalue weighted by Crippen LogP contribution is 2.50. The van der Waals surface area contributed by atoms with Gasteiger partial charge in [0, 0.05) is 6.07 Å². The lowest BCUT2D eigenvalue weighted by Gasteiger charge is -2.45. The molecule has 0 saturated heterocycles. The van der Waals surface area contributed by atoms with E-state index >= 15 is 0 Å². The monoisotopic (exact) mass is 235 g/mol. The predicted octanol–water partition coefficient (Wildman–Crippen LogP) is 3.79. The van der Waals surface area contributed by atoms with Gasteiger partial charge in [-0.25, -0.2) is 8.78 Å². The fourth-order valence-corrected chi connectivity index (χ4v) is 2.53. The molecule has 1 aromatic carbocycles. The number of benzene rings is 1. The van der Waals surface area contributed by atoms with Crippen LogP contribution in [0, 0.1) is 34.8 Å². The zero-order valence-electron chi connectivity index (χ0n) is 10.0. The fraction of sp³-hybridized carbons (Fsp3) is 0.500. The minimum atomic E-state index is -0.683. The van der Waals surface area contributed by atoms with Crippen molar-refractivity contribution < 1.29 is 8.78 Å². The van der Waals surface area contributed by atoms with Gasteiger partial charge in [0.05, 0.1) is 11.5 Å². The van der Waals surface area contributed by atoms with E-state index in [1.165, 1.54) is 12.1 Å². The Morgan fingerprint density at radius 1 is 1.24 bits per heavy atom. The van der Waals surface area contributed by atoms with Crippen LogP contribution in [-0.2, 0) is 5.41 Å². The van der Waals surface area contributed by atoms with Gasteiger partial charge in [-0.1, -0.05) is 13.8 Å². The lowest BCUT2D eigenvalue weighted by atomic mass is 9.56. The van der Waals surface area contributed by atoms with Crippen LogP contribution >= 0.6 is 0 Å². The lowest BCUT2D eigenvalue weighted by Crippen LogP contribution is -2.42. The van der Waals surface area contributed by atoms with Crippen LogP contribution in [0.4, 0.5) is 8.78 Å². The Hall–Kier alpha value is -1.43. The van der Waals surface area contributed by atoms with Crippen molar-refractivity contribution in [3.8, 4) is 6.07 Å². The summed E-state index contributed by atoms with van der Waals surface area (Å²) >= 11 is 0. The summed E-state index contributed by atoms with van der Waals surface area (Å²) in [5.74, 6) is -0.235. The molecule has 2 rings (SSSR count). The Balaban J connectivity index is 2.30. The summed E-state index contributed by atoms with van der Waals surface area (Å²) in [6, 6.07) is 5.64. The maximum absolute atomic E-state index is 13.2. The van der Waals surface area contributed by atoms with Crippen molar-refractivity contribution in [2.75, 3.05) is 0 Å². The average molecular weight is 235 g/mol. The number of hydrogen-bond acceptors (Lipinski definition) is 1. The number of nitrogens with zero attached hydrogens (tertiary/aromatic N) is 1. The lowest BCUT2D eigenvalue weighted by molar-refractivity contribution is 0.144. The number of hydrogen-bond donors (Lipinski definition) is 0. The Labute approximate surface area is 100 Å². The highest BCUT2D eigenvalue weighted by Gasteiger charge is 2.47. The van der Waals surface area contributed by atoms with Gasteiger partial charge in [-0.3, -0.25) is 0 Å². The van der Waals surface area contributed by atoms with Crippen molar-refractivity contribution in [2.24, 2.45) is 11.8 Å². The first-order valence-electron chi connectivity index (χ1n) is 5.85. The van der Waals surface area contributed by atoms with Gasteiger partial charge in [0.1, 0.15) is 11.6 Å². The van der Waals surface area contributed by atoms with E-state index in [-0.39, 0.29) is 0 Å². The Kier molecular flexibility index (Phi) is 2.91. The molecule has 0 bridgehead atoms. The zero-order valence-corrected chi connectivity index (χ0v) is 10.0. The largest absolute Gasteiger partial charge is 0.207 e. The molecule has 1 aromatic rings. The molecule has 0 unspecified atom stereocenters. The SMILES string of the molecule is CC(C)C1CC(C#N)(c2cc(F)cc(F)c2)C1. The van der Waals surface area contributed by atoms with E-state index in [0.29, 0.717) is 30.2 Å². The van der Waals surface area contributed by atoms with Crippen LogP contribution in [0.1, 0.15) is 32.3 Å². The van der Waals surface area contributed by atoms with Crippen LogP contribution in [0.2, 0.25) is 0 Å². The molecule has 0 spiro atoms. The van der Waals surface area contributed by atoms with E-state index < -0.39 is 17.0 Å². The summed E-state index contributed by atoms with van der Waals surface area (Å²) in [4.78, 5) is 0. The quantitative estimate of drug-likeness (QED) is 0.765. The molecule has 0 atom stereocenters. The van der Waals surface area contributed by atoms with Crippen molar-refractivity contribution in [1.82, 2.24) is 0 Å². The van der Waals surface area contributed by atoms with Gasteiger partial charge in [0.25, 0.3) is 0 Å². The second-order valence-corrected chi connectivity index (χ2v) is 5.26. The highest BCUT2D eigenvalue weighted by atomic mass is 19.1. The summed E-state index contributed by atoms with van der Waals surface area (Å²) in [6.07, 6.45) is 1.40. The van der Waals surface area contributed by atoms with Gasteiger partial charge in [-0.15, -0.1) is 0 Å². The summed E-state index contributed by atoms with van der Waals surface area (Å²) in [5.41, 5.74) is -0.202. The molecule has 1 fully saturated rings. The van der Waals surface area contributed by atoms with Crippen LogP contribution in [0.15, 0.2) is 18.2 Å². The third-order valence-electron chi connectivity index (χ3n) is 3.79. The Bertz CT molecular complexity index is 447. The summed E-state index contributed by atoms with van der Waals surface area (Å²) in [5, 5.41) is 9.28. The van der Waals surface area contributed by atoms with Crippen molar-refractivity contribution in [2.45, 2.75) is 32.1 Å². The molecule has 0 heterocycles. The molecule has 0 amide bonds. The predicted molar refractivity (Wildman–Crippen MR) is 61.2 cm³/mol. The molecule has 1 aliphatic carbocycles. The standard InChI is InChI=1S/C14H15F2N/c1-9(2)10-6-14(7-10,8-17)11-3-12(15)5-13(16)4-11/h3-5,9-10H,6-7H2,1-2H3. The first-order valence-corrected chi connectivity index (χ1v) is 5.85. The van der Waals surface area contributed by atoms with Gasteiger partial charge in [-0.2, -0.15) is 5.26 Å². The van der Waals surface area contributed by atoms with Gasteiger partial charge in [0.15, 0.2) is 0 Å². The fourth-order valence-electron chi connectivity index (χ4n) is 2.53. The van der Waals surface area contributed by atoms with Crippen molar-refractivity contribution in [3.05, 3.63) is 35.4 Å². The van der Waals surface area contributed by atoms with Gasteiger partial charge in [-0.05, 0) is 42.4 Å². The molecular weight excluding hydrogens is 220 g/mol. The maximum Gasteiger partial charge on any atom is 0.126 e. The third kappa shape index (κ3) is 2.04. The van der Waals surface area contributed by atoms with Gasteiger partial charge < -0.3 is 0 Å². The smallest absolute Gasteiger partial charge is 0.126 e. The first-order chi connectivity index (χ1) is 7.97. The van der Waals surface area contributed by atoms with Crippen molar-refractivity contribution in [3.63, 3.8) is 0 Å². The maximum atomic E-state index is 13.2. The van der Waals surface area contributed by atoms with Gasteiger partial charge >= 0.3 is 0 Å². The van der Waals surface area contributed by atoms with Crippen LogP contribution in [0.5, 0.6) is 0 Å².